The third-order valence-electron chi connectivity index (χ3n) is 4.41. The molecule has 7 heteroatoms. The zero-order valence-corrected chi connectivity index (χ0v) is 18.1. The van der Waals surface area contributed by atoms with Crippen molar-refractivity contribution in [3.05, 3.63) is 52.5 Å². The van der Waals surface area contributed by atoms with E-state index in [2.05, 4.69) is 10.6 Å². The van der Waals surface area contributed by atoms with E-state index in [1.54, 1.807) is 36.4 Å². The van der Waals surface area contributed by atoms with Gasteiger partial charge in [0.05, 0.1) is 25.0 Å². The predicted octanol–water partition coefficient (Wildman–Crippen LogP) is 4.45. The Morgan fingerprint density at radius 3 is 2.45 bits per heavy atom. The summed E-state index contributed by atoms with van der Waals surface area (Å²) in [5, 5.41) is 6.20. The van der Waals surface area contributed by atoms with Crippen molar-refractivity contribution in [2.45, 2.75) is 33.7 Å². The van der Waals surface area contributed by atoms with Crippen LogP contribution in [0.15, 0.2) is 36.4 Å². The van der Waals surface area contributed by atoms with Crippen LogP contribution in [0.1, 0.15) is 36.7 Å². The maximum Gasteiger partial charge on any atom is 0.255 e. The molecule has 156 valence electrons. The number of para-hydroxylation sites is 1. The van der Waals surface area contributed by atoms with E-state index in [0.29, 0.717) is 34.4 Å². The Morgan fingerprint density at radius 1 is 1.14 bits per heavy atom. The van der Waals surface area contributed by atoms with Crippen LogP contribution in [0.4, 0.5) is 5.69 Å². The monoisotopic (exact) mass is 418 g/mol. The van der Waals surface area contributed by atoms with E-state index >= 15 is 0 Å². The largest absolute Gasteiger partial charge is 0.495 e. The number of hydrogen-bond acceptors (Lipinski definition) is 4. The molecule has 2 N–H and O–H groups in total. The molecule has 1 atom stereocenters. The number of aryl methyl sites for hydroxylation is 1. The Kier molecular flexibility index (Phi) is 7.91. The number of nitrogens with one attached hydrogen (secondary N) is 2. The fourth-order valence-corrected chi connectivity index (χ4v) is 2.98. The highest BCUT2D eigenvalue weighted by Crippen LogP contribution is 2.31. The lowest BCUT2D eigenvalue weighted by molar-refractivity contribution is -0.118. The smallest absolute Gasteiger partial charge is 0.255 e. The molecule has 0 aliphatic rings. The van der Waals surface area contributed by atoms with Gasteiger partial charge in [-0.05, 0) is 43.5 Å². The molecule has 0 bridgehead atoms. The van der Waals surface area contributed by atoms with Gasteiger partial charge < -0.3 is 20.1 Å². The minimum Gasteiger partial charge on any atom is -0.495 e. The second-order valence-corrected chi connectivity index (χ2v) is 7.32. The van der Waals surface area contributed by atoms with Crippen LogP contribution in [-0.4, -0.2) is 31.6 Å². The highest BCUT2D eigenvalue weighted by molar-refractivity contribution is 6.31. The van der Waals surface area contributed by atoms with E-state index in [1.165, 1.54) is 7.11 Å². The van der Waals surface area contributed by atoms with Crippen LogP contribution >= 0.6 is 11.6 Å². The molecule has 29 heavy (non-hydrogen) atoms. The molecular formula is C22H27ClN2O4. The van der Waals surface area contributed by atoms with Crippen molar-refractivity contribution < 1.29 is 19.1 Å². The Labute approximate surface area is 176 Å². The molecule has 0 aliphatic heterocycles. The van der Waals surface area contributed by atoms with Crippen LogP contribution in [0, 0.1) is 12.8 Å². The van der Waals surface area contributed by atoms with Crippen molar-refractivity contribution in [2.24, 2.45) is 5.92 Å². The quantitative estimate of drug-likeness (QED) is 0.664. The number of carbonyl (C=O) groups is 2. The average Bonchev–Trinajstić information content (AvgIpc) is 2.68. The van der Waals surface area contributed by atoms with Gasteiger partial charge in [-0.25, -0.2) is 0 Å². The second kappa shape index (κ2) is 10.2. The van der Waals surface area contributed by atoms with E-state index in [9.17, 15) is 9.59 Å². The molecule has 0 saturated heterocycles. The second-order valence-electron chi connectivity index (χ2n) is 6.92. The van der Waals surface area contributed by atoms with Crippen molar-refractivity contribution >= 4 is 29.1 Å². The SMILES string of the molecule is CCOc1ccccc1C(=O)N[C@H](C(=O)Nc1cc(C)c(Cl)cc1OC)C(C)C. The molecule has 0 aromatic heterocycles. The van der Waals surface area contributed by atoms with Crippen LogP contribution in [0.25, 0.3) is 0 Å². The van der Waals surface area contributed by atoms with Gasteiger partial charge in [0.25, 0.3) is 5.91 Å². The Morgan fingerprint density at radius 2 is 1.83 bits per heavy atom. The summed E-state index contributed by atoms with van der Waals surface area (Å²) in [4.78, 5) is 25.8. The van der Waals surface area contributed by atoms with E-state index in [1.807, 2.05) is 27.7 Å². The molecule has 0 heterocycles. The molecule has 2 aromatic rings. The summed E-state index contributed by atoms with van der Waals surface area (Å²) < 4.78 is 10.8. The van der Waals surface area contributed by atoms with Crippen LogP contribution < -0.4 is 20.1 Å². The standard InChI is InChI=1S/C22H27ClN2O4/c1-6-29-18-10-8-7-9-15(18)21(26)25-20(13(2)3)22(27)24-17-11-14(4)16(23)12-19(17)28-5/h7-13,20H,6H2,1-5H3,(H,24,27)(H,25,26)/t20-/m0/s1. The fraction of sp³-hybridized carbons (Fsp3) is 0.364. The first-order valence-corrected chi connectivity index (χ1v) is 9.83. The van der Waals surface area contributed by atoms with E-state index in [0.717, 1.165) is 5.56 Å². The van der Waals surface area contributed by atoms with Gasteiger partial charge >= 0.3 is 0 Å². The van der Waals surface area contributed by atoms with Gasteiger partial charge in [-0.1, -0.05) is 37.6 Å². The van der Waals surface area contributed by atoms with Gasteiger partial charge in [-0.15, -0.1) is 0 Å². The summed E-state index contributed by atoms with van der Waals surface area (Å²) in [6.45, 7) is 7.85. The number of amides is 2. The third kappa shape index (κ3) is 5.64. The van der Waals surface area contributed by atoms with Crippen LogP contribution in [0.3, 0.4) is 0 Å². The maximum atomic E-state index is 13.0. The number of ether oxygens (including phenoxy) is 2. The predicted molar refractivity (Wildman–Crippen MR) is 115 cm³/mol. The first-order chi connectivity index (χ1) is 13.8. The van der Waals surface area contributed by atoms with Gasteiger partial charge in [0.1, 0.15) is 17.5 Å². The number of carbonyl (C=O) groups excluding carboxylic acids is 2. The molecular weight excluding hydrogens is 392 g/mol. The van der Waals surface area contributed by atoms with Gasteiger partial charge in [-0.3, -0.25) is 9.59 Å². The minimum atomic E-state index is -0.752. The lowest BCUT2D eigenvalue weighted by Crippen LogP contribution is -2.47. The van der Waals surface area contributed by atoms with Crippen molar-refractivity contribution in [2.75, 3.05) is 19.0 Å². The lowest BCUT2D eigenvalue weighted by atomic mass is 10.0. The number of rotatable bonds is 8. The zero-order chi connectivity index (χ0) is 21.6. The molecule has 0 unspecified atom stereocenters. The molecule has 0 radical (unpaired) electrons. The minimum absolute atomic E-state index is 0.141. The summed E-state index contributed by atoms with van der Waals surface area (Å²) in [5.41, 5.74) is 1.68. The average molecular weight is 419 g/mol. The Balaban J connectivity index is 2.23. The maximum absolute atomic E-state index is 13.0. The van der Waals surface area contributed by atoms with Gasteiger partial charge in [0.2, 0.25) is 5.91 Å². The molecule has 2 rings (SSSR count). The van der Waals surface area contributed by atoms with Crippen molar-refractivity contribution in [3.63, 3.8) is 0 Å². The molecule has 0 aliphatic carbocycles. The fourth-order valence-electron chi connectivity index (χ4n) is 2.83. The number of methoxy groups -OCH3 is 1. The highest BCUT2D eigenvalue weighted by atomic mass is 35.5. The molecule has 0 fully saturated rings. The van der Waals surface area contributed by atoms with E-state index in [4.69, 9.17) is 21.1 Å². The molecule has 2 aromatic carbocycles. The third-order valence-corrected chi connectivity index (χ3v) is 4.81. The summed E-state index contributed by atoms with van der Waals surface area (Å²) in [5.74, 6) is 0.0666. The van der Waals surface area contributed by atoms with Crippen molar-refractivity contribution in [3.8, 4) is 11.5 Å². The molecule has 0 spiro atoms. The van der Waals surface area contributed by atoms with Gasteiger partial charge in [-0.2, -0.15) is 0 Å². The van der Waals surface area contributed by atoms with E-state index < -0.39 is 6.04 Å². The summed E-state index contributed by atoms with van der Waals surface area (Å²) in [7, 11) is 1.50. The first-order valence-electron chi connectivity index (χ1n) is 9.46. The number of anilines is 1. The Bertz CT molecular complexity index is 883. The normalized spacial score (nSPS) is 11.7. The Hall–Kier alpha value is -2.73. The zero-order valence-electron chi connectivity index (χ0n) is 17.3. The van der Waals surface area contributed by atoms with Crippen molar-refractivity contribution in [1.29, 1.82) is 0 Å². The molecule has 2 amide bonds. The highest BCUT2D eigenvalue weighted by Gasteiger charge is 2.26. The topological polar surface area (TPSA) is 76.7 Å². The van der Waals surface area contributed by atoms with Gasteiger partial charge in [0.15, 0.2) is 0 Å². The number of benzene rings is 2. The summed E-state index contributed by atoms with van der Waals surface area (Å²) >= 11 is 6.13. The van der Waals surface area contributed by atoms with Crippen molar-refractivity contribution in [1.82, 2.24) is 5.32 Å². The van der Waals surface area contributed by atoms with Crippen LogP contribution in [0.2, 0.25) is 5.02 Å². The summed E-state index contributed by atoms with van der Waals surface area (Å²) in [6.07, 6.45) is 0. The number of halogens is 1. The van der Waals surface area contributed by atoms with Crippen LogP contribution in [0.5, 0.6) is 11.5 Å². The summed E-state index contributed by atoms with van der Waals surface area (Å²) in [6, 6.07) is 9.58. The number of hydrogen-bond donors (Lipinski definition) is 2. The molecule has 0 saturated carbocycles. The lowest BCUT2D eigenvalue weighted by Gasteiger charge is -2.23. The van der Waals surface area contributed by atoms with Gasteiger partial charge in [0, 0.05) is 11.1 Å². The first kappa shape index (κ1) is 22.6. The molecule has 6 nitrogen and oxygen atoms in total. The van der Waals surface area contributed by atoms with Crippen LogP contribution in [-0.2, 0) is 4.79 Å². The van der Waals surface area contributed by atoms with E-state index in [-0.39, 0.29) is 17.7 Å².